The van der Waals surface area contributed by atoms with E-state index in [1.807, 2.05) is 85.1 Å². The fraction of sp³-hybridized carbons (Fsp3) is 0.0192. The quantitative estimate of drug-likeness (QED) is 0.136. The van der Waals surface area contributed by atoms with Crippen molar-refractivity contribution in [1.82, 2.24) is 5.32 Å². The molecule has 2 N–H and O–H groups in total. The molecule has 6 heteroatoms. The van der Waals surface area contributed by atoms with Gasteiger partial charge in [0, 0.05) is 50.0 Å². The zero-order valence-electron chi connectivity index (χ0n) is 31.2. The van der Waals surface area contributed by atoms with Gasteiger partial charge in [-0.2, -0.15) is 0 Å². The van der Waals surface area contributed by atoms with Gasteiger partial charge in [-0.15, -0.1) is 0 Å². The van der Waals surface area contributed by atoms with Gasteiger partial charge in [-0.3, -0.25) is 5.41 Å². The Morgan fingerprint density at radius 2 is 1.31 bits per heavy atom. The van der Waals surface area contributed by atoms with Gasteiger partial charge in [-0.1, -0.05) is 152 Å². The molecule has 0 spiro atoms. The van der Waals surface area contributed by atoms with E-state index in [2.05, 4.69) is 108 Å². The van der Waals surface area contributed by atoms with Crippen molar-refractivity contribution in [2.75, 3.05) is 0 Å². The van der Waals surface area contributed by atoms with E-state index < -0.39 is 0 Å². The first-order valence-electron chi connectivity index (χ1n) is 19.3. The molecule has 3 heterocycles. The van der Waals surface area contributed by atoms with Gasteiger partial charge in [0.1, 0.15) is 16.9 Å². The van der Waals surface area contributed by atoms with Crippen LogP contribution < -0.4 is 20.5 Å². The van der Waals surface area contributed by atoms with E-state index in [4.69, 9.17) is 19.1 Å². The predicted octanol–water partition coefficient (Wildman–Crippen LogP) is 9.97. The van der Waals surface area contributed by atoms with Crippen LogP contribution in [0, 0.1) is 5.41 Å². The van der Waals surface area contributed by atoms with Crippen LogP contribution in [0.15, 0.2) is 196 Å². The largest absolute Gasteiger partial charge is 0.466 e. The van der Waals surface area contributed by atoms with Crippen LogP contribution in [-0.2, 0) is 0 Å². The van der Waals surface area contributed by atoms with Gasteiger partial charge in [0.2, 0.25) is 0 Å². The van der Waals surface area contributed by atoms with Crippen molar-refractivity contribution in [3.63, 3.8) is 0 Å². The highest BCUT2D eigenvalue weighted by Crippen LogP contribution is 2.36. The monoisotopic (exact) mass is 746 g/mol. The molecule has 9 aromatic rings. The van der Waals surface area contributed by atoms with Gasteiger partial charge in [-0.25, -0.2) is 9.98 Å². The van der Waals surface area contributed by atoms with Crippen LogP contribution in [0.2, 0.25) is 0 Å². The van der Waals surface area contributed by atoms with Gasteiger partial charge in [0.25, 0.3) is 0 Å². The number of hydrogen-bond acceptors (Lipinski definition) is 4. The lowest BCUT2D eigenvalue weighted by Crippen LogP contribution is -2.46. The minimum absolute atomic E-state index is 0.115. The molecule has 2 aliphatic heterocycles. The highest BCUT2D eigenvalue weighted by Gasteiger charge is 2.32. The van der Waals surface area contributed by atoms with Crippen molar-refractivity contribution >= 4 is 61.9 Å². The highest BCUT2D eigenvalue weighted by atomic mass is 16.5. The van der Waals surface area contributed by atoms with Crippen LogP contribution in [-0.4, -0.2) is 24.1 Å². The number of nitrogens with one attached hydrogen (secondary N) is 2. The Morgan fingerprint density at radius 1 is 0.586 bits per heavy atom. The summed E-state index contributed by atoms with van der Waals surface area (Å²) in [6.07, 6.45) is 1.53. The second kappa shape index (κ2) is 13.7. The Morgan fingerprint density at radius 3 is 2.22 bits per heavy atom. The van der Waals surface area contributed by atoms with Gasteiger partial charge >= 0.3 is 0 Å². The Kier molecular flexibility index (Phi) is 7.93. The normalized spacial score (nSPS) is 14.7. The van der Waals surface area contributed by atoms with Gasteiger partial charge < -0.3 is 14.5 Å². The van der Waals surface area contributed by atoms with E-state index >= 15 is 0 Å². The molecular weight excluding hydrogens is 713 g/mol. The Hall–Kier alpha value is -7.83. The fourth-order valence-electron chi connectivity index (χ4n) is 8.27. The Bertz CT molecular complexity index is 3320. The van der Waals surface area contributed by atoms with Crippen LogP contribution in [0.1, 0.15) is 27.8 Å². The first-order valence-corrected chi connectivity index (χ1v) is 19.3. The summed E-state index contributed by atoms with van der Waals surface area (Å²) in [6, 6.07) is 61.7. The zero-order chi connectivity index (χ0) is 38.6. The molecule has 6 nitrogen and oxygen atoms in total. The average molecular weight is 747 g/mol. The molecule has 11 rings (SSSR count). The topological polar surface area (TPSA) is 83.0 Å². The molecule has 1 unspecified atom stereocenters. The number of ether oxygens (including phenoxy) is 1. The smallest absolute Gasteiger partial charge is 0.197 e. The number of rotatable bonds is 5. The third-order valence-corrected chi connectivity index (χ3v) is 11.1. The highest BCUT2D eigenvalue weighted by molar-refractivity contribution is 6.17. The summed E-state index contributed by atoms with van der Waals surface area (Å²) >= 11 is 0. The lowest BCUT2D eigenvalue weighted by molar-refractivity contribution is 0.256. The maximum atomic E-state index is 9.30. The van der Waals surface area contributed by atoms with Crippen LogP contribution in [0.4, 0.5) is 0 Å². The van der Waals surface area contributed by atoms with Gasteiger partial charge in [0.15, 0.2) is 17.9 Å². The van der Waals surface area contributed by atoms with Gasteiger partial charge in [-0.05, 0) is 63.0 Å². The van der Waals surface area contributed by atoms with Crippen molar-refractivity contribution in [3.8, 4) is 16.9 Å². The second-order valence-corrected chi connectivity index (χ2v) is 14.6. The zero-order valence-corrected chi connectivity index (χ0v) is 31.2. The molecule has 0 fully saturated rings. The average Bonchev–Trinajstić information content (AvgIpc) is 3.86. The molecule has 0 aliphatic carbocycles. The summed E-state index contributed by atoms with van der Waals surface area (Å²) in [7, 11) is 0. The number of amidine groups is 2. The van der Waals surface area contributed by atoms with Crippen LogP contribution in [0.5, 0.6) is 5.75 Å². The number of nitrogens with zero attached hydrogens (tertiary/aromatic N) is 2. The summed E-state index contributed by atoms with van der Waals surface area (Å²) in [5.41, 5.74) is 10.3. The lowest BCUT2D eigenvalue weighted by atomic mass is 9.96. The first-order chi connectivity index (χ1) is 28.6. The summed E-state index contributed by atoms with van der Waals surface area (Å²) in [5, 5.41) is 19.6. The number of fused-ring (bicyclic) bond motifs is 8. The van der Waals surface area contributed by atoms with E-state index in [1.54, 1.807) is 0 Å². The van der Waals surface area contributed by atoms with Crippen molar-refractivity contribution in [1.29, 1.82) is 5.41 Å². The molecule has 0 saturated heterocycles. The second-order valence-electron chi connectivity index (χ2n) is 14.6. The number of aliphatic imine (C=N–C) groups is 2. The molecule has 1 aromatic heterocycles. The van der Waals surface area contributed by atoms with E-state index in [9.17, 15) is 5.41 Å². The maximum absolute atomic E-state index is 9.30. The molecule has 274 valence electrons. The third-order valence-electron chi connectivity index (χ3n) is 11.1. The first kappa shape index (κ1) is 33.5. The lowest BCUT2D eigenvalue weighted by Gasteiger charge is -2.23. The standard InChI is InChI=1S/C52H34N4O2/c53-50(38-14-9-13-36(30-38)37-28-23-32-11-1-2-12-35(32)29-37)56-51(54-31-39-15-10-22-46-47(39)42-18-5-7-20-44(42)57-46)34-26-24-33(25-27-34)49-41-17-4-3-16-40(41)48-43-19-6-8-21-45(43)58-52(48)55-49/h1-31,52-53,55H. The van der Waals surface area contributed by atoms with E-state index in [1.165, 1.54) is 10.8 Å². The van der Waals surface area contributed by atoms with Crippen LogP contribution in [0.3, 0.4) is 0 Å². The summed E-state index contributed by atoms with van der Waals surface area (Å²) < 4.78 is 12.6. The Balaban J connectivity index is 1.00. The third kappa shape index (κ3) is 5.78. The summed E-state index contributed by atoms with van der Waals surface area (Å²) in [6.45, 7) is 0. The SMILES string of the molecule is N=C(N=C(N=Cc1cccc2oc3ccccc3c12)c1ccc(C2=c3ccccc3=C3c4ccccc4OC3N2)cc1)c1cccc(-c2ccc3ccccc3c2)c1. The molecule has 58 heavy (non-hydrogen) atoms. The van der Waals surface area contributed by atoms with Gasteiger partial charge in [0.05, 0.1) is 5.70 Å². The molecular formula is C52H34N4O2. The number of hydrogen-bond donors (Lipinski definition) is 2. The Labute approximate surface area is 333 Å². The molecule has 0 radical (unpaired) electrons. The molecule has 0 bridgehead atoms. The summed E-state index contributed by atoms with van der Waals surface area (Å²) in [4.78, 5) is 9.95. The van der Waals surface area contributed by atoms with E-state index in [-0.39, 0.29) is 12.1 Å². The van der Waals surface area contributed by atoms with E-state index in [0.29, 0.717) is 11.4 Å². The number of para-hydroxylation sites is 2. The minimum atomic E-state index is -0.295. The predicted molar refractivity (Wildman–Crippen MR) is 235 cm³/mol. The molecule has 2 aliphatic rings. The minimum Gasteiger partial charge on any atom is -0.466 e. The molecule has 0 saturated carbocycles. The van der Waals surface area contributed by atoms with Crippen molar-refractivity contribution in [3.05, 3.63) is 220 Å². The van der Waals surface area contributed by atoms with E-state index in [0.717, 1.165) is 82.8 Å². The fourth-order valence-corrected chi connectivity index (χ4v) is 8.27. The molecule has 1 atom stereocenters. The molecule has 8 aromatic carbocycles. The van der Waals surface area contributed by atoms with Crippen molar-refractivity contribution in [2.24, 2.45) is 9.98 Å². The van der Waals surface area contributed by atoms with Crippen LogP contribution in [0.25, 0.3) is 55.1 Å². The summed E-state index contributed by atoms with van der Waals surface area (Å²) in [5.74, 6) is 1.42. The van der Waals surface area contributed by atoms with Crippen molar-refractivity contribution < 1.29 is 9.15 Å². The number of benzene rings is 8. The maximum Gasteiger partial charge on any atom is 0.197 e. The van der Waals surface area contributed by atoms with Crippen LogP contribution >= 0.6 is 0 Å². The van der Waals surface area contributed by atoms with Crippen molar-refractivity contribution in [2.45, 2.75) is 6.23 Å². The molecule has 0 amide bonds. The number of furan rings is 1.